The number of likely N-dealkylation sites (tertiary alicyclic amines) is 1. The van der Waals surface area contributed by atoms with Crippen molar-refractivity contribution in [1.29, 1.82) is 0 Å². The van der Waals surface area contributed by atoms with Crippen LogP contribution in [0.15, 0.2) is 18.3 Å². The summed E-state index contributed by atoms with van der Waals surface area (Å²) in [6, 6.07) is 1.73. The van der Waals surface area contributed by atoms with Crippen LogP contribution in [0, 0.1) is 0 Å². The highest BCUT2D eigenvalue weighted by molar-refractivity contribution is 7.12. The maximum absolute atomic E-state index is 14.1. The van der Waals surface area contributed by atoms with Gasteiger partial charge in [0.1, 0.15) is 5.60 Å². The Kier molecular flexibility index (Phi) is 4.49. The lowest BCUT2D eigenvalue weighted by Crippen LogP contribution is -2.49. The van der Waals surface area contributed by atoms with E-state index in [1.807, 2.05) is 6.92 Å². The Hall–Kier alpha value is -1.01. The molecule has 0 amide bonds. The molecule has 3 rings (SSSR count). The van der Waals surface area contributed by atoms with E-state index in [4.69, 9.17) is 4.74 Å². The maximum atomic E-state index is 14.1. The zero-order chi connectivity index (χ0) is 17.7. The van der Waals surface area contributed by atoms with Crippen LogP contribution in [0.5, 0.6) is 0 Å². The molecule has 0 aliphatic carbocycles. The van der Waals surface area contributed by atoms with Gasteiger partial charge in [-0.15, -0.1) is 11.3 Å². The Bertz CT molecular complexity index is 642. The molecule has 1 fully saturated rings. The predicted molar refractivity (Wildman–Crippen MR) is 90.3 cm³/mol. The number of halogens is 3. The molecule has 24 heavy (non-hydrogen) atoms. The minimum atomic E-state index is -3.44. The maximum Gasteiger partial charge on any atom is 0.312 e. The van der Waals surface area contributed by atoms with E-state index >= 15 is 0 Å². The lowest BCUT2D eigenvalue weighted by atomic mass is 9.82. The van der Waals surface area contributed by atoms with E-state index in [2.05, 4.69) is 18.4 Å². The predicted octanol–water partition coefficient (Wildman–Crippen LogP) is 4.98. The summed E-state index contributed by atoms with van der Waals surface area (Å²) in [4.78, 5) is 2.93. The van der Waals surface area contributed by atoms with Crippen LogP contribution in [0.25, 0.3) is 0 Å². The van der Waals surface area contributed by atoms with Gasteiger partial charge in [0.05, 0.1) is 11.5 Å². The first-order valence-corrected chi connectivity index (χ1v) is 9.20. The van der Waals surface area contributed by atoms with Gasteiger partial charge in [0, 0.05) is 29.6 Å². The second-order valence-electron chi connectivity index (χ2n) is 7.03. The van der Waals surface area contributed by atoms with Gasteiger partial charge in [0.2, 0.25) is 0 Å². The second kappa shape index (κ2) is 6.06. The smallest absolute Gasteiger partial charge is 0.312 e. The van der Waals surface area contributed by atoms with Gasteiger partial charge in [0.25, 0.3) is 0 Å². The van der Waals surface area contributed by atoms with E-state index in [9.17, 15) is 13.2 Å². The SMILES string of the molecule is C=C(C)N1CC[C@]2(C[C@@H]1C)OCCc1cc(C(F)(F)C(C)F)sc12. The number of thiophene rings is 1. The van der Waals surface area contributed by atoms with E-state index in [0.717, 1.165) is 53.8 Å². The number of fused-ring (bicyclic) bond motifs is 2. The van der Waals surface area contributed by atoms with Crippen molar-refractivity contribution in [2.24, 2.45) is 0 Å². The van der Waals surface area contributed by atoms with E-state index < -0.39 is 17.7 Å². The molecule has 2 nitrogen and oxygen atoms in total. The summed E-state index contributed by atoms with van der Waals surface area (Å²) in [6.07, 6.45) is -0.0981. The third-order valence-electron chi connectivity index (χ3n) is 5.20. The molecule has 0 radical (unpaired) electrons. The van der Waals surface area contributed by atoms with Crippen molar-refractivity contribution < 1.29 is 17.9 Å². The Labute approximate surface area is 145 Å². The first kappa shape index (κ1) is 17.8. The van der Waals surface area contributed by atoms with Gasteiger partial charge < -0.3 is 9.64 Å². The van der Waals surface area contributed by atoms with E-state index in [0.29, 0.717) is 13.0 Å². The molecule has 1 aromatic rings. The summed E-state index contributed by atoms with van der Waals surface area (Å²) in [6.45, 7) is 10.3. The lowest BCUT2D eigenvalue weighted by molar-refractivity contribution is -0.103. The molecule has 0 aromatic carbocycles. The van der Waals surface area contributed by atoms with Crippen LogP contribution in [0.1, 0.15) is 48.9 Å². The molecule has 2 aliphatic heterocycles. The van der Waals surface area contributed by atoms with Gasteiger partial charge in [0.15, 0.2) is 6.17 Å². The minimum absolute atomic E-state index is 0.178. The van der Waals surface area contributed by atoms with Crippen LogP contribution in [0.3, 0.4) is 0 Å². The number of alkyl halides is 3. The quantitative estimate of drug-likeness (QED) is 0.754. The van der Waals surface area contributed by atoms with Crippen LogP contribution < -0.4 is 0 Å². The molecule has 134 valence electrons. The van der Waals surface area contributed by atoms with Gasteiger partial charge >= 0.3 is 5.92 Å². The number of hydrogen-bond acceptors (Lipinski definition) is 3. The van der Waals surface area contributed by atoms with Gasteiger partial charge in [-0.25, -0.2) is 4.39 Å². The Balaban J connectivity index is 1.95. The molecular weight excluding hydrogens is 335 g/mol. The van der Waals surface area contributed by atoms with Crippen LogP contribution in [-0.2, 0) is 22.7 Å². The topological polar surface area (TPSA) is 12.5 Å². The van der Waals surface area contributed by atoms with Crippen molar-refractivity contribution in [3.05, 3.63) is 33.7 Å². The van der Waals surface area contributed by atoms with Crippen LogP contribution in [0.2, 0.25) is 0 Å². The van der Waals surface area contributed by atoms with E-state index in [-0.39, 0.29) is 10.9 Å². The van der Waals surface area contributed by atoms with Gasteiger partial charge in [-0.3, -0.25) is 0 Å². The normalized spacial score (nSPS) is 28.8. The minimum Gasteiger partial charge on any atom is -0.373 e. The zero-order valence-corrected chi connectivity index (χ0v) is 15.2. The second-order valence-corrected chi connectivity index (χ2v) is 8.08. The highest BCUT2D eigenvalue weighted by atomic mass is 32.1. The largest absolute Gasteiger partial charge is 0.373 e. The molecule has 1 unspecified atom stereocenters. The molecule has 1 saturated heterocycles. The van der Waals surface area contributed by atoms with Crippen LogP contribution in [0.4, 0.5) is 13.2 Å². The number of rotatable bonds is 3. The monoisotopic (exact) mass is 359 g/mol. The lowest BCUT2D eigenvalue weighted by Gasteiger charge is -2.48. The number of allylic oxidation sites excluding steroid dienone is 1. The first-order chi connectivity index (χ1) is 11.2. The van der Waals surface area contributed by atoms with Crippen molar-refractivity contribution in [3.63, 3.8) is 0 Å². The molecular formula is C18H24F3NOS. The number of nitrogens with zero attached hydrogens (tertiary/aromatic N) is 1. The van der Waals surface area contributed by atoms with Crippen molar-refractivity contribution in [1.82, 2.24) is 4.90 Å². The number of ether oxygens (including phenoxy) is 1. The molecule has 0 saturated carbocycles. The Morgan fingerprint density at radius 1 is 1.54 bits per heavy atom. The summed E-state index contributed by atoms with van der Waals surface area (Å²) in [5, 5.41) is 0. The molecule has 1 aromatic heterocycles. The average molecular weight is 359 g/mol. The third-order valence-corrected chi connectivity index (χ3v) is 6.65. The summed E-state index contributed by atoms with van der Waals surface area (Å²) in [7, 11) is 0. The summed E-state index contributed by atoms with van der Waals surface area (Å²) < 4.78 is 47.8. The van der Waals surface area contributed by atoms with Crippen molar-refractivity contribution >= 4 is 11.3 Å². The molecule has 3 heterocycles. The summed E-state index contributed by atoms with van der Waals surface area (Å²) in [5.41, 5.74) is 1.40. The molecule has 0 bridgehead atoms. The number of piperidine rings is 1. The Morgan fingerprint density at radius 3 is 2.83 bits per heavy atom. The van der Waals surface area contributed by atoms with E-state index in [1.165, 1.54) is 6.07 Å². The van der Waals surface area contributed by atoms with Gasteiger partial charge in [-0.1, -0.05) is 6.58 Å². The summed E-state index contributed by atoms with van der Waals surface area (Å²) >= 11 is 1.03. The molecule has 0 N–H and O–H groups in total. The highest BCUT2D eigenvalue weighted by Gasteiger charge is 2.48. The third kappa shape index (κ3) is 2.77. The summed E-state index contributed by atoms with van der Waals surface area (Å²) in [5.74, 6) is -3.44. The molecule has 2 aliphatic rings. The molecule has 3 atom stereocenters. The number of hydrogen-bond donors (Lipinski definition) is 0. The van der Waals surface area contributed by atoms with Gasteiger partial charge in [-0.05, 0) is 45.2 Å². The van der Waals surface area contributed by atoms with Crippen LogP contribution in [-0.4, -0.2) is 30.3 Å². The Morgan fingerprint density at radius 2 is 2.25 bits per heavy atom. The van der Waals surface area contributed by atoms with Crippen molar-refractivity contribution in [2.45, 2.75) is 63.8 Å². The van der Waals surface area contributed by atoms with Gasteiger partial charge in [-0.2, -0.15) is 8.78 Å². The standard InChI is InChI=1S/C18H24F3NOS/c1-11(2)22-7-6-17(10-12(22)3)16-14(5-8-23-17)9-15(24-16)18(20,21)13(4)19/h9,12-13H,1,5-8,10H2,2-4H3/t12-,13?,17+/m0/s1. The molecule has 6 heteroatoms. The van der Waals surface area contributed by atoms with Crippen molar-refractivity contribution in [3.8, 4) is 0 Å². The average Bonchev–Trinajstić information content (AvgIpc) is 2.93. The van der Waals surface area contributed by atoms with Crippen molar-refractivity contribution in [2.75, 3.05) is 13.2 Å². The fraction of sp³-hybridized carbons (Fsp3) is 0.667. The first-order valence-electron chi connectivity index (χ1n) is 8.39. The fourth-order valence-corrected chi connectivity index (χ4v) is 5.34. The van der Waals surface area contributed by atoms with E-state index in [1.54, 1.807) is 0 Å². The highest BCUT2D eigenvalue weighted by Crippen LogP contribution is 2.50. The van der Waals surface area contributed by atoms with Crippen LogP contribution >= 0.6 is 11.3 Å². The zero-order valence-electron chi connectivity index (χ0n) is 14.4. The fourth-order valence-electron chi connectivity index (χ4n) is 3.90. The molecule has 1 spiro atoms.